The van der Waals surface area contributed by atoms with Crippen LogP contribution in [0.5, 0.6) is 0 Å². The summed E-state index contributed by atoms with van der Waals surface area (Å²) in [6, 6.07) is 8.86. The van der Waals surface area contributed by atoms with Gasteiger partial charge in [-0.25, -0.2) is 19.3 Å². The maximum atomic E-state index is 13.2. The van der Waals surface area contributed by atoms with Crippen molar-refractivity contribution in [2.24, 2.45) is 0 Å². The van der Waals surface area contributed by atoms with Crippen LogP contribution in [-0.2, 0) is 6.54 Å². The highest BCUT2D eigenvalue weighted by atomic mass is 32.1. The Balaban J connectivity index is 1.57. The van der Waals surface area contributed by atoms with Gasteiger partial charge in [0.15, 0.2) is 5.13 Å². The molecule has 1 atom stereocenters. The van der Waals surface area contributed by atoms with Gasteiger partial charge in [0, 0.05) is 29.9 Å². The third-order valence-electron chi connectivity index (χ3n) is 4.75. The molecule has 5 nitrogen and oxygen atoms in total. The van der Waals surface area contributed by atoms with Crippen LogP contribution >= 0.6 is 11.3 Å². The number of nitrogens with zero attached hydrogens (tertiary/aromatic N) is 4. The molecule has 3 heterocycles. The van der Waals surface area contributed by atoms with E-state index in [1.807, 2.05) is 30.5 Å². The van der Waals surface area contributed by atoms with E-state index >= 15 is 0 Å². The number of nitrogens with one attached hydrogen (secondary N) is 1. The molecule has 0 bridgehead atoms. The lowest BCUT2D eigenvalue weighted by atomic mass is 10.00. The number of aromatic nitrogens is 3. The fourth-order valence-corrected chi connectivity index (χ4v) is 4.03. The second-order valence-electron chi connectivity index (χ2n) is 6.82. The Bertz CT molecular complexity index is 882. The topological polar surface area (TPSA) is 53.9 Å². The minimum absolute atomic E-state index is 0.167. The maximum absolute atomic E-state index is 13.2. The molecule has 7 heteroatoms. The van der Waals surface area contributed by atoms with Crippen LogP contribution in [-0.4, -0.2) is 26.4 Å². The van der Waals surface area contributed by atoms with Crippen molar-refractivity contribution in [3.8, 4) is 0 Å². The van der Waals surface area contributed by atoms with Crippen LogP contribution in [0.4, 0.5) is 15.3 Å². The van der Waals surface area contributed by atoms with Crippen molar-refractivity contribution in [1.29, 1.82) is 0 Å². The molecule has 2 aromatic heterocycles. The molecule has 140 valence electrons. The number of aryl methyl sites for hydroxylation is 1. The van der Waals surface area contributed by atoms with Gasteiger partial charge in [-0.2, -0.15) is 0 Å². The molecule has 0 saturated carbocycles. The van der Waals surface area contributed by atoms with E-state index in [2.05, 4.69) is 15.2 Å². The number of thiazole rings is 1. The van der Waals surface area contributed by atoms with E-state index in [1.54, 1.807) is 17.5 Å². The Morgan fingerprint density at radius 3 is 2.85 bits per heavy atom. The minimum Gasteiger partial charge on any atom is -0.316 e. The molecule has 1 N–H and O–H groups in total. The van der Waals surface area contributed by atoms with Crippen LogP contribution in [0.25, 0.3) is 0 Å². The highest BCUT2D eigenvalue weighted by Gasteiger charge is 2.27. The molecule has 1 aromatic carbocycles. The summed E-state index contributed by atoms with van der Waals surface area (Å²) in [5.74, 6) is 1.42. The first-order chi connectivity index (χ1) is 13.2. The highest BCUT2D eigenvalue weighted by molar-refractivity contribution is 7.13. The Hall–Kier alpha value is -2.38. The van der Waals surface area contributed by atoms with Gasteiger partial charge in [-0.15, -0.1) is 11.3 Å². The van der Waals surface area contributed by atoms with Gasteiger partial charge in [0.2, 0.25) is 0 Å². The molecule has 1 aliphatic heterocycles. The van der Waals surface area contributed by atoms with Crippen molar-refractivity contribution in [3.05, 3.63) is 64.8 Å². The summed E-state index contributed by atoms with van der Waals surface area (Å²) in [4.78, 5) is 16.2. The standard InChI is InChI=1S/C20H22FN5S/c1-14-12-18(25-20-22-9-11-27-20)24-19(23-14)17-4-2-3-10-26(17)13-15-5-7-16(21)8-6-15/h5-9,11-12,17H,2-4,10,13H2,1H3,(H,22,23,24,25). The SMILES string of the molecule is Cc1cc(Nc2nccs2)nc(C2CCCCN2Cc2ccc(F)cc2)n1. The average Bonchev–Trinajstić information content (AvgIpc) is 3.16. The summed E-state index contributed by atoms with van der Waals surface area (Å²) in [5.41, 5.74) is 2.04. The van der Waals surface area contributed by atoms with Crippen molar-refractivity contribution >= 4 is 22.3 Å². The Kier molecular flexibility index (Phi) is 5.40. The lowest BCUT2D eigenvalue weighted by Crippen LogP contribution is -2.34. The molecule has 0 radical (unpaired) electrons. The third kappa shape index (κ3) is 4.48. The highest BCUT2D eigenvalue weighted by Crippen LogP contribution is 2.31. The number of hydrogen-bond donors (Lipinski definition) is 1. The molecule has 1 saturated heterocycles. The minimum atomic E-state index is -0.200. The summed E-state index contributed by atoms with van der Waals surface area (Å²) in [7, 11) is 0. The zero-order valence-corrected chi connectivity index (χ0v) is 16.0. The number of piperidine rings is 1. The number of hydrogen-bond acceptors (Lipinski definition) is 6. The van der Waals surface area contributed by atoms with E-state index in [9.17, 15) is 4.39 Å². The fourth-order valence-electron chi connectivity index (χ4n) is 3.50. The van der Waals surface area contributed by atoms with Gasteiger partial charge < -0.3 is 5.32 Å². The van der Waals surface area contributed by atoms with Crippen molar-refractivity contribution in [1.82, 2.24) is 19.9 Å². The van der Waals surface area contributed by atoms with Crippen LogP contribution in [0, 0.1) is 12.7 Å². The molecule has 1 unspecified atom stereocenters. The van der Waals surface area contributed by atoms with Gasteiger partial charge in [-0.3, -0.25) is 4.90 Å². The average molecular weight is 383 g/mol. The first-order valence-corrected chi connectivity index (χ1v) is 10.1. The normalized spacial score (nSPS) is 17.8. The van der Waals surface area contributed by atoms with Gasteiger partial charge in [-0.1, -0.05) is 18.6 Å². The molecule has 0 aliphatic carbocycles. The second kappa shape index (κ2) is 8.10. The summed E-state index contributed by atoms with van der Waals surface area (Å²) in [5, 5.41) is 6.03. The molecule has 4 rings (SSSR count). The zero-order chi connectivity index (χ0) is 18.6. The molecule has 1 aliphatic rings. The van der Waals surface area contributed by atoms with Crippen molar-refractivity contribution in [3.63, 3.8) is 0 Å². The van der Waals surface area contributed by atoms with E-state index in [1.165, 1.54) is 12.1 Å². The molecular formula is C20H22FN5S. The van der Waals surface area contributed by atoms with Gasteiger partial charge in [0.1, 0.15) is 17.5 Å². The van der Waals surface area contributed by atoms with Gasteiger partial charge >= 0.3 is 0 Å². The van der Waals surface area contributed by atoms with Gasteiger partial charge in [-0.05, 0) is 44.0 Å². The predicted octanol–water partition coefficient (Wildman–Crippen LogP) is 4.85. The van der Waals surface area contributed by atoms with Crippen molar-refractivity contribution in [2.45, 2.75) is 38.8 Å². The van der Waals surface area contributed by atoms with Crippen LogP contribution in [0.15, 0.2) is 41.9 Å². The van der Waals surface area contributed by atoms with Gasteiger partial charge in [0.05, 0.1) is 6.04 Å². The summed E-state index contributed by atoms with van der Waals surface area (Å²) >= 11 is 1.54. The Labute approximate surface area is 162 Å². The lowest BCUT2D eigenvalue weighted by molar-refractivity contribution is 0.133. The number of anilines is 2. The predicted molar refractivity (Wildman–Crippen MR) is 106 cm³/mol. The summed E-state index contributed by atoms with van der Waals surface area (Å²) in [6.45, 7) is 3.76. The molecule has 0 spiro atoms. The second-order valence-corrected chi connectivity index (χ2v) is 7.72. The number of benzene rings is 1. The summed E-state index contributed by atoms with van der Waals surface area (Å²) in [6.07, 6.45) is 5.12. The Morgan fingerprint density at radius 1 is 1.22 bits per heavy atom. The van der Waals surface area contributed by atoms with Crippen LogP contribution < -0.4 is 5.32 Å². The van der Waals surface area contributed by atoms with Crippen molar-refractivity contribution in [2.75, 3.05) is 11.9 Å². The molecule has 27 heavy (non-hydrogen) atoms. The first kappa shape index (κ1) is 18.0. The van der Waals surface area contributed by atoms with E-state index < -0.39 is 0 Å². The van der Waals surface area contributed by atoms with E-state index in [0.717, 1.165) is 60.4 Å². The first-order valence-electron chi connectivity index (χ1n) is 9.18. The molecule has 1 fully saturated rings. The lowest BCUT2D eigenvalue weighted by Gasteiger charge is -2.35. The largest absolute Gasteiger partial charge is 0.316 e. The van der Waals surface area contributed by atoms with E-state index in [0.29, 0.717) is 0 Å². The van der Waals surface area contributed by atoms with Crippen molar-refractivity contribution < 1.29 is 4.39 Å². The van der Waals surface area contributed by atoms with E-state index in [4.69, 9.17) is 9.97 Å². The van der Waals surface area contributed by atoms with E-state index in [-0.39, 0.29) is 11.9 Å². The third-order valence-corrected chi connectivity index (χ3v) is 5.44. The zero-order valence-electron chi connectivity index (χ0n) is 15.2. The Morgan fingerprint density at radius 2 is 2.07 bits per heavy atom. The molecular weight excluding hydrogens is 361 g/mol. The fraction of sp³-hybridized carbons (Fsp3) is 0.350. The number of likely N-dealkylation sites (tertiary alicyclic amines) is 1. The molecule has 0 amide bonds. The van der Waals surface area contributed by atoms with Crippen LogP contribution in [0.2, 0.25) is 0 Å². The maximum Gasteiger partial charge on any atom is 0.188 e. The van der Waals surface area contributed by atoms with Crippen LogP contribution in [0.1, 0.15) is 42.4 Å². The molecule has 3 aromatic rings. The smallest absolute Gasteiger partial charge is 0.188 e. The number of halogens is 1. The quantitative estimate of drug-likeness (QED) is 0.682. The summed E-state index contributed by atoms with van der Waals surface area (Å²) < 4.78 is 13.2. The van der Waals surface area contributed by atoms with Gasteiger partial charge in [0.25, 0.3) is 0 Å². The van der Waals surface area contributed by atoms with Crippen LogP contribution in [0.3, 0.4) is 0 Å². The monoisotopic (exact) mass is 383 g/mol. The number of rotatable bonds is 5.